The molecule has 90 valence electrons. The van der Waals surface area contributed by atoms with Crippen LogP contribution in [0, 0.1) is 0 Å². The van der Waals surface area contributed by atoms with E-state index in [0.29, 0.717) is 5.75 Å². The van der Waals surface area contributed by atoms with E-state index in [-0.39, 0.29) is 5.75 Å². The average Bonchev–Trinajstić information content (AvgIpc) is 2.31. The number of thioether (sulfide) groups is 1. The first-order chi connectivity index (χ1) is 7.77. The van der Waals surface area contributed by atoms with Crippen molar-refractivity contribution < 1.29 is 9.84 Å². The SMILES string of the molecule is COc1cc(CNCCCSC)ccc1O. The summed E-state index contributed by atoms with van der Waals surface area (Å²) < 4.78 is 5.05. The minimum absolute atomic E-state index is 0.189. The van der Waals surface area contributed by atoms with E-state index in [1.807, 2.05) is 23.9 Å². The lowest BCUT2D eigenvalue weighted by Gasteiger charge is -2.07. The largest absolute Gasteiger partial charge is 0.504 e. The minimum atomic E-state index is 0.189. The molecule has 0 fully saturated rings. The summed E-state index contributed by atoms with van der Waals surface area (Å²) in [4.78, 5) is 0. The Labute approximate surface area is 101 Å². The van der Waals surface area contributed by atoms with Crippen molar-refractivity contribution in [2.24, 2.45) is 0 Å². The molecule has 0 aliphatic heterocycles. The summed E-state index contributed by atoms with van der Waals surface area (Å²) in [7, 11) is 1.56. The van der Waals surface area contributed by atoms with Crippen LogP contribution in [0.3, 0.4) is 0 Å². The maximum Gasteiger partial charge on any atom is 0.160 e. The van der Waals surface area contributed by atoms with Crippen molar-refractivity contribution >= 4 is 11.8 Å². The number of benzene rings is 1. The summed E-state index contributed by atoms with van der Waals surface area (Å²) in [5.74, 6) is 1.91. The number of phenols is 1. The van der Waals surface area contributed by atoms with Crippen LogP contribution in [0.4, 0.5) is 0 Å². The molecule has 0 aliphatic carbocycles. The van der Waals surface area contributed by atoms with Gasteiger partial charge >= 0.3 is 0 Å². The summed E-state index contributed by atoms with van der Waals surface area (Å²) in [5, 5.41) is 12.8. The van der Waals surface area contributed by atoms with E-state index in [4.69, 9.17) is 4.74 Å². The third-order valence-corrected chi connectivity index (χ3v) is 2.97. The molecule has 0 bridgehead atoms. The number of methoxy groups -OCH3 is 1. The second kappa shape index (κ2) is 7.41. The zero-order chi connectivity index (χ0) is 11.8. The third-order valence-electron chi connectivity index (χ3n) is 2.28. The van der Waals surface area contributed by atoms with Crippen molar-refractivity contribution in [1.82, 2.24) is 5.32 Å². The first kappa shape index (κ1) is 13.2. The first-order valence-electron chi connectivity index (χ1n) is 5.33. The van der Waals surface area contributed by atoms with Gasteiger partial charge in [-0.25, -0.2) is 0 Å². The second-order valence-electron chi connectivity index (χ2n) is 3.53. The molecule has 0 saturated carbocycles. The molecule has 0 radical (unpaired) electrons. The molecule has 1 aromatic rings. The summed E-state index contributed by atoms with van der Waals surface area (Å²) in [5.41, 5.74) is 1.12. The van der Waals surface area contributed by atoms with Crippen molar-refractivity contribution in [3.05, 3.63) is 23.8 Å². The van der Waals surface area contributed by atoms with E-state index in [1.165, 1.54) is 12.2 Å². The van der Waals surface area contributed by atoms with E-state index < -0.39 is 0 Å². The van der Waals surface area contributed by atoms with Gasteiger partial charge in [0.2, 0.25) is 0 Å². The molecular formula is C12H19NO2S. The normalized spacial score (nSPS) is 10.4. The maximum absolute atomic E-state index is 9.43. The smallest absolute Gasteiger partial charge is 0.160 e. The van der Waals surface area contributed by atoms with Crippen molar-refractivity contribution in [2.45, 2.75) is 13.0 Å². The van der Waals surface area contributed by atoms with Gasteiger partial charge in [-0.05, 0) is 42.7 Å². The molecule has 0 atom stereocenters. The Hall–Kier alpha value is -0.870. The van der Waals surface area contributed by atoms with Crippen LogP contribution in [-0.2, 0) is 6.54 Å². The van der Waals surface area contributed by atoms with E-state index in [9.17, 15) is 5.11 Å². The van der Waals surface area contributed by atoms with Crippen LogP contribution < -0.4 is 10.1 Å². The number of nitrogens with one attached hydrogen (secondary N) is 1. The van der Waals surface area contributed by atoms with Crippen LogP contribution in [-0.4, -0.2) is 30.8 Å². The molecule has 3 nitrogen and oxygen atoms in total. The highest BCUT2D eigenvalue weighted by Crippen LogP contribution is 2.25. The maximum atomic E-state index is 9.43. The molecule has 0 unspecified atom stereocenters. The highest BCUT2D eigenvalue weighted by Gasteiger charge is 2.01. The summed E-state index contributed by atoms with van der Waals surface area (Å²) >= 11 is 1.86. The Balaban J connectivity index is 2.36. The van der Waals surface area contributed by atoms with Gasteiger partial charge in [0.1, 0.15) is 0 Å². The molecule has 0 amide bonds. The van der Waals surface area contributed by atoms with Crippen LogP contribution in [0.25, 0.3) is 0 Å². The van der Waals surface area contributed by atoms with Gasteiger partial charge in [-0.3, -0.25) is 0 Å². The van der Waals surface area contributed by atoms with E-state index in [1.54, 1.807) is 13.2 Å². The summed E-state index contributed by atoms with van der Waals surface area (Å²) in [6, 6.07) is 5.42. The van der Waals surface area contributed by atoms with Gasteiger partial charge < -0.3 is 15.2 Å². The average molecular weight is 241 g/mol. The highest BCUT2D eigenvalue weighted by atomic mass is 32.2. The topological polar surface area (TPSA) is 41.5 Å². The minimum Gasteiger partial charge on any atom is -0.504 e. The van der Waals surface area contributed by atoms with E-state index >= 15 is 0 Å². The molecule has 0 aromatic heterocycles. The van der Waals surface area contributed by atoms with Crippen LogP contribution >= 0.6 is 11.8 Å². The quantitative estimate of drug-likeness (QED) is 0.718. The van der Waals surface area contributed by atoms with Gasteiger partial charge in [-0.1, -0.05) is 6.07 Å². The number of hydrogen-bond acceptors (Lipinski definition) is 4. The standard InChI is InChI=1S/C12H19NO2S/c1-15-12-8-10(4-5-11(12)14)9-13-6-3-7-16-2/h4-5,8,13-14H,3,6-7,9H2,1-2H3. The Morgan fingerprint density at radius 2 is 2.25 bits per heavy atom. The fourth-order valence-electron chi connectivity index (χ4n) is 1.41. The molecule has 0 aliphatic rings. The second-order valence-corrected chi connectivity index (χ2v) is 4.51. The zero-order valence-corrected chi connectivity index (χ0v) is 10.6. The molecular weight excluding hydrogens is 222 g/mol. The lowest BCUT2D eigenvalue weighted by Crippen LogP contribution is -2.15. The summed E-state index contributed by atoms with van der Waals surface area (Å²) in [6.07, 6.45) is 3.29. The molecule has 0 heterocycles. The Bertz CT molecular complexity index is 318. The van der Waals surface area contributed by atoms with Crippen LogP contribution in [0.1, 0.15) is 12.0 Å². The van der Waals surface area contributed by atoms with Crippen molar-refractivity contribution in [3.8, 4) is 11.5 Å². The number of phenolic OH excluding ortho intramolecular Hbond substituents is 1. The molecule has 1 rings (SSSR count). The Morgan fingerprint density at radius 3 is 2.94 bits per heavy atom. The fourth-order valence-corrected chi connectivity index (χ4v) is 1.84. The molecule has 2 N–H and O–H groups in total. The van der Waals surface area contributed by atoms with Crippen LogP contribution in [0.5, 0.6) is 11.5 Å². The molecule has 0 saturated heterocycles. The van der Waals surface area contributed by atoms with Gasteiger partial charge in [0.25, 0.3) is 0 Å². The van der Waals surface area contributed by atoms with Crippen molar-refractivity contribution in [3.63, 3.8) is 0 Å². The predicted octanol–water partition coefficient (Wildman–Crippen LogP) is 2.24. The van der Waals surface area contributed by atoms with E-state index in [0.717, 1.165) is 18.7 Å². The summed E-state index contributed by atoms with van der Waals surface area (Å²) in [6.45, 7) is 1.83. The monoisotopic (exact) mass is 241 g/mol. The number of rotatable bonds is 7. The fraction of sp³-hybridized carbons (Fsp3) is 0.500. The highest BCUT2D eigenvalue weighted by molar-refractivity contribution is 7.98. The van der Waals surface area contributed by atoms with E-state index in [2.05, 4.69) is 11.6 Å². The Morgan fingerprint density at radius 1 is 1.44 bits per heavy atom. The first-order valence-corrected chi connectivity index (χ1v) is 6.73. The van der Waals surface area contributed by atoms with Gasteiger partial charge in [0, 0.05) is 6.54 Å². The third kappa shape index (κ3) is 4.33. The molecule has 4 heteroatoms. The number of ether oxygens (including phenoxy) is 1. The van der Waals surface area contributed by atoms with Gasteiger partial charge in [0.05, 0.1) is 7.11 Å². The van der Waals surface area contributed by atoms with Crippen molar-refractivity contribution in [1.29, 1.82) is 0 Å². The van der Waals surface area contributed by atoms with Gasteiger partial charge in [0.15, 0.2) is 11.5 Å². The Kier molecular flexibility index (Phi) is 6.11. The van der Waals surface area contributed by atoms with Crippen LogP contribution in [0.2, 0.25) is 0 Å². The van der Waals surface area contributed by atoms with Crippen LogP contribution in [0.15, 0.2) is 18.2 Å². The molecule has 1 aromatic carbocycles. The molecule has 0 spiro atoms. The number of hydrogen-bond donors (Lipinski definition) is 2. The van der Waals surface area contributed by atoms with Crippen molar-refractivity contribution in [2.75, 3.05) is 25.7 Å². The zero-order valence-electron chi connectivity index (χ0n) is 9.82. The lowest BCUT2D eigenvalue weighted by atomic mass is 10.2. The predicted molar refractivity (Wildman–Crippen MR) is 69.4 cm³/mol. The van der Waals surface area contributed by atoms with Gasteiger partial charge in [-0.2, -0.15) is 11.8 Å². The molecule has 16 heavy (non-hydrogen) atoms. The van der Waals surface area contributed by atoms with Gasteiger partial charge in [-0.15, -0.1) is 0 Å². The lowest BCUT2D eigenvalue weighted by molar-refractivity contribution is 0.373. The number of aromatic hydroxyl groups is 1.